The summed E-state index contributed by atoms with van der Waals surface area (Å²) >= 11 is 6.31. The number of imide groups is 2. The first-order valence-corrected chi connectivity index (χ1v) is 9.93. The van der Waals surface area contributed by atoms with Gasteiger partial charge in [0.05, 0.1) is 11.1 Å². The van der Waals surface area contributed by atoms with E-state index in [9.17, 15) is 24.0 Å². The van der Waals surface area contributed by atoms with Crippen molar-refractivity contribution in [3.63, 3.8) is 0 Å². The van der Waals surface area contributed by atoms with Gasteiger partial charge in [0.1, 0.15) is 10.6 Å². The van der Waals surface area contributed by atoms with Crippen LogP contribution < -0.4 is 10.6 Å². The number of benzene rings is 1. The lowest BCUT2D eigenvalue weighted by Gasteiger charge is -2.27. The Hall–Kier alpha value is -2.86. The summed E-state index contributed by atoms with van der Waals surface area (Å²) in [6, 6.07) is 3.21. The van der Waals surface area contributed by atoms with Crippen molar-refractivity contribution in [2.75, 3.05) is 5.32 Å². The summed E-state index contributed by atoms with van der Waals surface area (Å²) in [5, 5.41) is 4.75. The molecule has 2 aromatic rings. The number of H-pyrrole nitrogens is 1. The number of hydrogen-bond donors (Lipinski definition) is 3. The molecule has 1 fully saturated rings. The third-order valence-corrected chi connectivity index (χ3v) is 5.49. The number of aromatic amines is 1. The molecule has 0 spiro atoms. The van der Waals surface area contributed by atoms with E-state index in [2.05, 4.69) is 52.5 Å². The van der Waals surface area contributed by atoms with Crippen molar-refractivity contribution in [1.82, 2.24) is 20.2 Å². The summed E-state index contributed by atoms with van der Waals surface area (Å²) in [7, 11) is 0. The number of piperidine rings is 1. The number of nitrogens with zero attached hydrogens (tertiary/aromatic N) is 2. The third kappa shape index (κ3) is 3.38. The summed E-state index contributed by atoms with van der Waals surface area (Å²) in [5.74, 6) is -2.92. The number of hydrogen-bond acceptors (Lipinski definition) is 6. The quantitative estimate of drug-likeness (QED) is 0.520. The van der Waals surface area contributed by atoms with Crippen LogP contribution in [0.5, 0.6) is 0 Å². The minimum atomic E-state index is -1.05. The van der Waals surface area contributed by atoms with E-state index in [1.165, 1.54) is 18.2 Å². The predicted molar refractivity (Wildman–Crippen MR) is 105 cm³/mol. The van der Waals surface area contributed by atoms with Crippen LogP contribution in [0.15, 0.2) is 27.5 Å². The summed E-state index contributed by atoms with van der Waals surface area (Å²) in [5.41, 5.74) is 0.581. The molecule has 10 nitrogen and oxygen atoms in total. The van der Waals surface area contributed by atoms with Crippen LogP contribution in [0.4, 0.5) is 5.69 Å². The van der Waals surface area contributed by atoms with E-state index < -0.39 is 35.6 Å². The smallest absolute Gasteiger partial charge is 0.277 e. The van der Waals surface area contributed by atoms with Crippen molar-refractivity contribution < 1.29 is 24.0 Å². The number of carbonyl (C=O) groups excluding carboxylic acids is 5. The molecule has 1 atom stereocenters. The van der Waals surface area contributed by atoms with Crippen LogP contribution in [-0.2, 0) is 9.59 Å². The molecule has 1 aromatic heterocycles. The second kappa shape index (κ2) is 7.19. The molecule has 29 heavy (non-hydrogen) atoms. The van der Waals surface area contributed by atoms with Gasteiger partial charge in [-0.1, -0.05) is 0 Å². The Labute approximate surface area is 179 Å². The maximum atomic E-state index is 12.8. The molecule has 5 amide bonds. The van der Waals surface area contributed by atoms with Crippen LogP contribution in [0.3, 0.4) is 0 Å². The van der Waals surface area contributed by atoms with Crippen molar-refractivity contribution in [2.45, 2.75) is 18.9 Å². The molecule has 4 rings (SSSR count). The zero-order valence-electron chi connectivity index (χ0n) is 14.4. The molecule has 0 radical (unpaired) electrons. The molecular formula is C17H11Br2N5O5. The topological polar surface area (TPSA) is 141 Å². The molecule has 2 aliphatic heterocycles. The Morgan fingerprint density at radius 3 is 2.52 bits per heavy atom. The minimum absolute atomic E-state index is 0.0409. The van der Waals surface area contributed by atoms with Crippen LogP contribution in [-0.4, -0.2) is 50.4 Å². The van der Waals surface area contributed by atoms with Gasteiger partial charge in [-0.15, -0.1) is 0 Å². The van der Waals surface area contributed by atoms with Gasteiger partial charge in [-0.2, -0.15) is 0 Å². The monoisotopic (exact) mass is 523 g/mol. The fourth-order valence-electron chi connectivity index (χ4n) is 3.21. The van der Waals surface area contributed by atoms with Crippen molar-refractivity contribution in [3.05, 3.63) is 44.4 Å². The van der Waals surface area contributed by atoms with Gasteiger partial charge >= 0.3 is 0 Å². The standard InChI is InChI=1S/C17H11Br2N5O5/c18-12-11(22-17(19)23-12)14(27)20-6-1-2-7-8(5-6)16(29)24(15(7)28)9-3-4-10(25)21-13(9)26/h1-2,5,9H,3-4H2,(H,20,27)(H,22,23)(H,21,25,26). The lowest BCUT2D eigenvalue weighted by atomic mass is 10.0. The van der Waals surface area contributed by atoms with Crippen molar-refractivity contribution in [1.29, 1.82) is 0 Å². The van der Waals surface area contributed by atoms with Gasteiger partial charge in [-0.25, -0.2) is 4.98 Å². The number of imidazole rings is 1. The normalized spacial score (nSPS) is 18.7. The number of carbonyl (C=O) groups is 5. The van der Waals surface area contributed by atoms with Crippen LogP contribution in [0, 0.1) is 0 Å². The number of rotatable bonds is 3. The zero-order chi connectivity index (χ0) is 20.9. The first kappa shape index (κ1) is 19.5. The van der Waals surface area contributed by atoms with Crippen LogP contribution in [0.1, 0.15) is 44.0 Å². The Bertz CT molecular complexity index is 1110. The van der Waals surface area contributed by atoms with Gasteiger partial charge < -0.3 is 10.3 Å². The first-order valence-electron chi connectivity index (χ1n) is 8.34. The number of anilines is 1. The lowest BCUT2D eigenvalue weighted by Crippen LogP contribution is -2.54. The molecule has 3 heterocycles. The Balaban J connectivity index is 1.59. The fourth-order valence-corrected chi connectivity index (χ4v) is 4.31. The highest BCUT2D eigenvalue weighted by Crippen LogP contribution is 2.30. The van der Waals surface area contributed by atoms with Gasteiger partial charge in [0.2, 0.25) is 11.8 Å². The maximum absolute atomic E-state index is 12.8. The molecule has 1 unspecified atom stereocenters. The minimum Gasteiger partial charge on any atom is -0.327 e. The average molecular weight is 525 g/mol. The highest BCUT2D eigenvalue weighted by atomic mass is 79.9. The number of fused-ring (bicyclic) bond motifs is 1. The highest BCUT2D eigenvalue weighted by molar-refractivity contribution is 9.11. The molecule has 2 aliphatic rings. The van der Waals surface area contributed by atoms with Crippen molar-refractivity contribution in [3.8, 4) is 0 Å². The Morgan fingerprint density at radius 1 is 1.14 bits per heavy atom. The summed E-state index contributed by atoms with van der Waals surface area (Å²) in [6.45, 7) is 0. The fraction of sp³-hybridized carbons (Fsp3) is 0.176. The number of nitrogens with one attached hydrogen (secondary N) is 3. The van der Waals surface area contributed by atoms with Crippen LogP contribution in [0.2, 0.25) is 0 Å². The summed E-state index contributed by atoms with van der Waals surface area (Å²) in [4.78, 5) is 68.9. The van der Waals surface area contributed by atoms with E-state index in [0.717, 1.165) is 4.90 Å². The summed E-state index contributed by atoms with van der Waals surface area (Å²) < 4.78 is 0.738. The van der Waals surface area contributed by atoms with Crippen molar-refractivity contribution in [2.24, 2.45) is 0 Å². The van der Waals surface area contributed by atoms with Crippen LogP contribution in [0.25, 0.3) is 0 Å². The Kier molecular flexibility index (Phi) is 4.82. The average Bonchev–Trinajstić information content (AvgIpc) is 3.12. The molecule has 0 aliphatic carbocycles. The first-order chi connectivity index (χ1) is 13.8. The Morgan fingerprint density at radius 2 is 1.86 bits per heavy atom. The van der Waals surface area contributed by atoms with Gasteiger partial charge in [0.25, 0.3) is 17.7 Å². The van der Waals surface area contributed by atoms with E-state index in [4.69, 9.17) is 0 Å². The summed E-state index contributed by atoms with van der Waals surface area (Å²) in [6.07, 6.45) is 0.112. The zero-order valence-corrected chi connectivity index (χ0v) is 17.6. The second-order valence-electron chi connectivity index (χ2n) is 6.35. The SMILES string of the molecule is O=C1CCC(N2C(=O)c3ccc(NC(=O)c4nc(Br)[nH]c4Br)cc3C2=O)C(=O)N1. The number of halogens is 2. The van der Waals surface area contributed by atoms with E-state index in [0.29, 0.717) is 9.34 Å². The molecule has 0 bridgehead atoms. The van der Waals surface area contributed by atoms with Gasteiger partial charge in [-0.05, 0) is 56.5 Å². The molecule has 1 aromatic carbocycles. The molecular weight excluding hydrogens is 514 g/mol. The molecule has 1 saturated heterocycles. The van der Waals surface area contributed by atoms with Gasteiger partial charge in [-0.3, -0.25) is 34.2 Å². The lowest BCUT2D eigenvalue weighted by molar-refractivity contribution is -0.136. The molecule has 0 saturated carbocycles. The second-order valence-corrected chi connectivity index (χ2v) is 7.90. The predicted octanol–water partition coefficient (Wildman–Crippen LogP) is 1.59. The van der Waals surface area contributed by atoms with Gasteiger partial charge in [0, 0.05) is 12.1 Å². The highest BCUT2D eigenvalue weighted by Gasteiger charge is 2.44. The molecule has 3 N–H and O–H groups in total. The molecule has 12 heteroatoms. The number of amides is 5. The maximum Gasteiger partial charge on any atom is 0.277 e. The van der Waals surface area contributed by atoms with Crippen molar-refractivity contribution >= 4 is 67.1 Å². The van der Waals surface area contributed by atoms with Gasteiger partial charge in [0.15, 0.2) is 10.4 Å². The van der Waals surface area contributed by atoms with E-state index >= 15 is 0 Å². The van der Waals surface area contributed by atoms with E-state index in [-0.39, 0.29) is 35.3 Å². The molecule has 148 valence electrons. The van der Waals surface area contributed by atoms with Crippen LogP contribution >= 0.6 is 31.9 Å². The largest absolute Gasteiger partial charge is 0.327 e. The van der Waals surface area contributed by atoms with E-state index in [1.54, 1.807) is 0 Å². The number of aromatic nitrogens is 2. The van der Waals surface area contributed by atoms with E-state index in [1.807, 2.05) is 0 Å². The third-order valence-electron chi connectivity index (χ3n) is 4.54.